The SMILES string of the molecule is CC1(Cc2cnc3ccc(NC(N)=O)cc3c2)CC1. The normalized spacial score (nSPS) is 16.3. The van der Waals surface area contributed by atoms with Gasteiger partial charge in [-0.15, -0.1) is 0 Å². The Labute approximate surface area is 112 Å². The number of primary amides is 1. The third-order valence-corrected chi connectivity index (χ3v) is 3.74. The van der Waals surface area contributed by atoms with Crippen molar-refractivity contribution in [3.63, 3.8) is 0 Å². The fourth-order valence-corrected chi connectivity index (χ4v) is 2.38. The number of urea groups is 1. The molecule has 1 aromatic carbocycles. The van der Waals surface area contributed by atoms with Gasteiger partial charge in [0, 0.05) is 17.3 Å². The van der Waals surface area contributed by atoms with E-state index in [-0.39, 0.29) is 0 Å². The molecule has 0 bridgehead atoms. The maximum Gasteiger partial charge on any atom is 0.316 e. The Hall–Kier alpha value is -2.10. The average molecular weight is 255 g/mol. The van der Waals surface area contributed by atoms with Crippen LogP contribution in [-0.2, 0) is 6.42 Å². The number of nitrogens with one attached hydrogen (secondary N) is 1. The first-order valence-corrected chi connectivity index (χ1v) is 6.49. The minimum Gasteiger partial charge on any atom is -0.351 e. The van der Waals surface area contributed by atoms with Crippen molar-refractivity contribution in [3.8, 4) is 0 Å². The summed E-state index contributed by atoms with van der Waals surface area (Å²) in [5, 5.41) is 3.62. The van der Waals surface area contributed by atoms with Gasteiger partial charge in [0.05, 0.1) is 5.52 Å². The number of pyridine rings is 1. The van der Waals surface area contributed by atoms with E-state index >= 15 is 0 Å². The van der Waals surface area contributed by atoms with Crippen LogP contribution in [0.1, 0.15) is 25.3 Å². The van der Waals surface area contributed by atoms with Crippen LogP contribution in [0.5, 0.6) is 0 Å². The fourth-order valence-electron chi connectivity index (χ4n) is 2.38. The summed E-state index contributed by atoms with van der Waals surface area (Å²) >= 11 is 0. The van der Waals surface area contributed by atoms with E-state index in [1.807, 2.05) is 24.4 Å². The van der Waals surface area contributed by atoms with Crippen molar-refractivity contribution in [2.75, 3.05) is 5.32 Å². The molecule has 4 heteroatoms. The van der Waals surface area contributed by atoms with Gasteiger partial charge >= 0.3 is 6.03 Å². The molecule has 4 nitrogen and oxygen atoms in total. The molecule has 98 valence electrons. The number of benzene rings is 1. The topological polar surface area (TPSA) is 68.0 Å². The fraction of sp³-hybridized carbons (Fsp3) is 0.333. The molecule has 0 spiro atoms. The molecule has 1 heterocycles. The summed E-state index contributed by atoms with van der Waals surface area (Å²) in [6.07, 6.45) is 5.62. The third kappa shape index (κ3) is 2.67. The second-order valence-electron chi connectivity index (χ2n) is 5.73. The summed E-state index contributed by atoms with van der Waals surface area (Å²) in [5.41, 5.74) is 8.48. The van der Waals surface area contributed by atoms with Crippen molar-refractivity contribution in [2.24, 2.45) is 11.1 Å². The number of carbonyl (C=O) groups is 1. The number of fused-ring (bicyclic) bond motifs is 1. The first-order valence-electron chi connectivity index (χ1n) is 6.49. The molecule has 0 saturated heterocycles. The summed E-state index contributed by atoms with van der Waals surface area (Å²) in [6.45, 7) is 2.31. The number of nitrogens with zero attached hydrogens (tertiary/aromatic N) is 1. The molecule has 3 rings (SSSR count). The van der Waals surface area contributed by atoms with E-state index < -0.39 is 6.03 Å². The number of rotatable bonds is 3. The highest BCUT2D eigenvalue weighted by atomic mass is 16.2. The molecule has 2 aromatic rings. The third-order valence-electron chi connectivity index (χ3n) is 3.74. The van der Waals surface area contributed by atoms with E-state index in [0.29, 0.717) is 11.1 Å². The van der Waals surface area contributed by atoms with Gasteiger partial charge in [-0.2, -0.15) is 0 Å². The number of nitrogens with two attached hydrogens (primary N) is 1. The minimum absolute atomic E-state index is 0.471. The van der Waals surface area contributed by atoms with Crippen LogP contribution in [-0.4, -0.2) is 11.0 Å². The Morgan fingerprint density at radius 3 is 2.89 bits per heavy atom. The zero-order valence-electron chi connectivity index (χ0n) is 10.9. The average Bonchev–Trinajstić information content (AvgIpc) is 3.05. The molecule has 19 heavy (non-hydrogen) atoms. The highest BCUT2D eigenvalue weighted by molar-refractivity contribution is 5.91. The molecule has 0 aliphatic heterocycles. The van der Waals surface area contributed by atoms with Crippen molar-refractivity contribution >= 4 is 22.6 Å². The summed E-state index contributed by atoms with van der Waals surface area (Å²) in [7, 11) is 0. The lowest BCUT2D eigenvalue weighted by molar-refractivity contribution is 0.259. The summed E-state index contributed by atoms with van der Waals surface area (Å²) in [4.78, 5) is 15.3. The molecular weight excluding hydrogens is 238 g/mol. The van der Waals surface area contributed by atoms with Gasteiger partial charge in [-0.1, -0.05) is 6.92 Å². The molecule has 1 aromatic heterocycles. The Morgan fingerprint density at radius 2 is 2.21 bits per heavy atom. The number of hydrogen-bond donors (Lipinski definition) is 2. The Morgan fingerprint density at radius 1 is 1.42 bits per heavy atom. The molecule has 3 N–H and O–H groups in total. The lowest BCUT2D eigenvalue weighted by atomic mass is 9.99. The van der Waals surface area contributed by atoms with Gasteiger partial charge < -0.3 is 11.1 Å². The van der Waals surface area contributed by atoms with Crippen LogP contribution in [0.2, 0.25) is 0 Å². The standard InChI is InChI=1S/C15H17N3O/c1-15(4-5-15)8-10-6-11-7-12(18-14(16)19)2-3-13(11)17-9-10/h2-3,6-7,9H,4-5,8H2,1H3,(H3,16,18,19). The number of amides is 2. The van der Waals surface area contributed by atoms with Crippen LogP contribution in [0.3, 0.4) is 0 Å². The second-order valence-corrected chi connectivity index (χ2v) is 5.73. The predicted molar refractivity (Wildman–Crippen MR) is 76.0 cm³/mol. The van der Waals surface area contributed by atoms with Crippen LogP contribution >= 0.6 is 0 Å². The molecule has 0 atom stereocenters. The zero-order chi connectivity index (χ0) is 13.5. The first-order chi connectivity index (χ1) is 9.04. The maximum atomic E-state index is 10.9. The second kappa shape index (κ2) is 4.23. The first kappa shape index (κ1) is 12.0. The minimum atomic E-state index is -0.547. The molecule has 2 amide bonds. The van der Waals surface area contributed by atoms with E-state index in [9.17, 15) is 4.79 Å². The smallest absolute Gasteiger partial charge is 0.316 e. The predicted octanol–water partition coefficient (Wildman–Crippen LogP) is 3.07. The molecule has 0 unspecified atom stereocenters. The molecule has 1 aliphatic carbocycles. The van der Waals surface area contributed by atoms with Crippen molar-refractivity contribution < 1.29 is 4.79 Å². The van der Waals surface area contributed by atoms with Crippen molar-refractivity contribution in [1.29, 1.82) is 0 Å². The summed E-state index contributed by atoms with van der Waals surface area (Å²) in [6, 6.07) is 7.21. The van der Waals surface area contributed by atoms with Crippen LogP contribution in [0.4, 0.5) is 10.5 Å². The number of carbonyl (C=O) groups excluding carboxylic acids is 1. The zero-order valence-corrected chi connectivity index (χ0v) is 10.9. The van der Waals surface area contributed by atoms with Crippen molar-refractivity contribution in [2.45, 2.75) is 26.2 Å². The lowest BCUT2D eigenvalue weighted by Crippen LogP contribution is -2.19. The summed E-state index contributed by atoms with van der Waals surface area (Å²) in [5.74, 6) is 0. The van der Waals surface area contributed by atoms with Gasteiger partial charge in [0.25, 0.3) is 0 Å². The van der Waals surface area contributed by atoms with E-state index in [2.05, 4.69) is 23.3 Å². The van der Waals surface area contributed by atoms with Gasteiger partial charge in [0.1, 0.15) is 0 Å². The number of anilines is 1. The van der Waals surface area contributed by atoms with Gasteiger partial charge in [-0.05, 0) is 54.5 Å². The van der Waals surface area contributed by atoms with Gasteiger partial charge in [0.15, 0.2) is 0 Å². The van der Waals surface area contributed by atoms with Gasteiger partial charge in [-0.25, -0.2) is 4.79 Å². The molecular formula is C15H17N3O. The van der Waals surface area contributed by atoms with Crippen LogP contribution in [0.25, 0.3) is 10.9 Å². The largest absolute Gasteiger partial charge is 0.351 e. The lowest BCUT2D eigenvalue weighted by Gasteiger charge is -2.09. The van der Waals surface area contributed by atoms with Crippen LogP contribution in [0, 0.1) is 5.41 Å². The van der Waals surface area contributed by atoms with Crippen LogP contribution in [0.15, 0.2) is 30.5 Å². The molecule has 1 saturated carbocycles. The number of aromatic nitrogens is 1. The van der Waals surface area contributed by atoms with Crippen molar-refractivity contribution in [3.05, 3.63) is 36.0 Å². The highest BCUT2D eigenvalue weighted by Gasteiger charge is 2.37. The molecule has 0 radical (unpaired) electrons. The van der Waals surface area contributed by atoms with E-state index in [4.69, 9.17) is 5.73 Å². The van der Waals surface area contributed by atoms with Gasteiger partial charge in [0.2, 0.25) is 0 Å². The Bertz CT molecular complexity index is 647. The highest BCUT2D eigenvalue weighted by Crippen LogP contribution is 2.47. The summed E-state index contributed by atoms with van der Waals surface area (Å²) < 4.78 is 0. The molecule has 1 fully saturated rings. The van der Waals surface area contributed by atoms with Gasteiger partial charge in [-0.3, -0.25) is 4.98 Å². The Kier molecular flexibility index (Phi) is 2.66. The van der Waals surface area contributed by atoms with E-state index in [1.165, 1.54) is 18.4 Å². The quantitative estimate of drug-likeness (QED) is 0.885. The Balaban J connectivity index is 1.93. The van der Waals surface area contributed by atoms with E-state index in [1.54, 1.807) is 0 Å². The van der Waals surface area contributed by atoms with Crippen molar-refractivity contribution in [1.82, 2.24) is 4.98 Å². The van der Waals surface area contributed by atoms with Crippen LogP contribution < -0.4 is 11.1 Å². The van der Waals surface area contributed by atoms with E-state index in [0.717, 1.165) is 17.3 Å². The monoisotopic (exact) mass is 255 g/mol. The maximum absolute atomic E-state index is 10.9. The molecule has 1 aliphatic rings. The number of hydrogen-bond acceptors (Lipinski definition) is 2.